The van der Waals surface area contributed by atoms with Crippen molar-refractivity contribution >= 4 is 35.6 Å². The van der Waals surface area contributed by atoms with Crippen molar-refractivity contribution in [2.45, 2.75) is 45.1 Å². The molecule has 0 aromatic heterocycles. The fourth-order valence-corrected chi connectivity index (χ4v) is 5.78. The maximum atomic E-state index is 12.8. The van der Waals surface area contributed by atoms with Crippen molar-refractivity contribution in [2.24, 2.45) is 11.8 Å². The SMILES string of the molecule is COC(=O)[C@H](CSC[C@@H](CC(=O)OCC1c2ccccc2-c2ccccc21)C(=O)OC)CC(=O)OC(C)(C)C. The highest BCUT2D eigenvalue weighted by Gasteiger charge is 2.31. The number of carbonyl (C=O) groups excluding carboxylic acids is 4. The Bertz CT molecular complexity index is 1140. The third-order valence-electron chi connectivity index (χ3n) is 6.33. The summed E-state index contributed by atoms with van der Waals surface area (Å²) in [6.07, 6.45) is -0.309. The fraction of sp³-hybridized carbons (Fsp3) is 0.467. The maximum Gasteiger partial charge on any atom is 0.310 e. The lowest BCUT2D eigenvalue weighted by Gasteiger charge is -2.21. The molecule has 8 nitrogen and oxygen atoms in total. The Kier molecular flexibility index (Phi) is 10.6. The van der Waals surface area contributed by atoms with Gasteiger partial charge >= 0.3 is 23.9 Å². The normalized spacial score (nSPS) is 14.0. The largest absolute Gasteiger partial charge is 0.469 e. The number of methoxy groups -OCH3 is 2. The van der Waals surface area contributed by atoms with Gasteiger partial charge in [-0.1, -0.05) is 48.5 Å². The fourth-order valence-electron chi connectivity index (χ4n) is 4.57. The molecule has 1 aliphatic rings. The number of rotatable bonds is 12. The van der Waals surface area contributed by atoms with Gasteiger partial charge in [0.25, 0.3) is 0 Å². The van der Waals surface area contributed by atoms with Gasteiger partial charge in [0.1, 0.15) is 12.2 Å². The van der Waals surface area contributed by atoms with Gasteiger partial charge in [0.15, 0.2) is 0 Å². The summed E-state index contributed by atoms with van der Waals surface area (Å²) >= 11 is 1.27. The van der Waals surface area contributed by atoms with Crippen molar-refractivity contribution in [1.82, 2.24) is 0 Å². The summed E-state index contributed by atoms with van der Waals surface area (Å²) in [7, 11) is 2.51. The Labute approximate surface area is 233 Å². The molecule has 3 rings (SSSR count). The van der Waals surface area contributed by atoms with Crippen molar-refractivity contribution in [1.29, 1.82) is 0 Å². The molecular weight excluding hydrogens is 520 g/mol. The van der Waals surface area contributed by atoms with E-state index in [4.69, 9.17) is 18.9 Å². The number of benzene rings is 2. The summed E-state index contributed by atoms with van der Waals surface area (Å²) in [6, 6.07) is 16.1. The summed E-state index contributed by atoms with van der Waals surface area (Å²) in [5, 5.41) is 0. The molecule has 1 aliphatic carbocycles. The lowest BCUT2D eigenvalue weighted by molar-refractivity contribution is -0.160. The van der Waals surface area contributed by atoms with Crippen LogP contribution in [0.25, 0.3) is 11.1 Å². The van der Waals surface area contributed by atoms with Crippen molar-refractivity contribution in [2.75, 3.05) is 32.3 Å². The first-order chi connectivity index (χ1) is 18.5. The van der Waals surface area contributed by atoms with E-state index in [1.54, 1.807) is 20.8 Å². The maximum absolute atomic E-state index is 12.8. The van der Waals surface area contributed by atoms with Crippen LogP contribution in [-0.2, 0) is 38.1 Å². The van der Waals surface area contributed by atoms with E-state index in [1.807, 2.05) is 36.4 Å². The van der Waals surface area contributed by atoms with E-state index in [2.05, 4.69) is 12.1 Å². The van der Waals surface area contributed by atoms with Crippen LogP contribution in [0.1, 0.15) is 50.7 Å². The molecule has 0 saturated carbocycles. The summed E-state index contributed by atoms with van der Waals surface area (Å²) in [5.74, 6) is -3.29. The van der Waals surface area contributed by atoms with Gasteiger partial charge in [0.2, 0.25) is 0 Å². The second-order valence-corrected chi connectivity index (χ2v) is 11.5. The van der Waals surface area contributed by atoms with Crippen LogP contribution in [0.15, 0.2) is 48.5 Å². The molecule has 0 unspecified atom stereocenters. The van der Waals surface area contributed by atoms with Crippen molar-refractivity contribution in [3.05, 3.63) is 59.7 Å². The second kappa shape index (κ2) is 13.6. The minimum absolute atomic E-state index is 0.0824. The van der Waals surface area contributed by atoms with Gasteiger partial charge in [-0.05, 0) is 43.0 Å². The van der Waals surface area contributed by atoms with Gasteiger partial charge in [-0.15, -0.1) is 0 Å². The molecule has 2 atom stereocenters. The van der Waals surface area contributed by atoms with Gasteiger partial charge < -0.3 is 18.9 Å². The van der Waals surface area contributed by atoms with Crippen molar-refractivity contribution in [3.63, 3.8) is 0 Å². The van der Waals surface area contributed by atoms with E-state index in [-0.39, 0.29) is 36.9 Å². The van der Waals surface area contributed by atoms with Crippen LogP contribution in [0.5, 0.6) is 0 Å². The van der Waals surface area contributed by atoms with Crippen LogP contribution in [0, 0.1) is 11.8 Å². The van der Waals surface area contributed by atoms with Crippen LogP contribution < -0.4 is 0 Å². The Morgan fingerprint density at radius 1 is 0.769 bits per heavy atom. The zero-order chi connectivity index (χ0) is 28.6. The highest BCUT2D eigenvalue weighted by molar-refractivity contribution is 7.99. The van der Waals surface area contributed by atoms with Crippen LogP contribution in [0.2, 0.25) is 0 Å². The van der Waals surface area contributed by atoms with E-state index in [0.717, 1.165) is 22.3 Å². The standard InChI is InChI=1S/C30H36O8S/c1-30(2,3)38-27(32)15-20(29(34)36-5)18-39-17-19(28(33)35-4)14-26(31)37-16-25-23-12-8-6-10-21(23)22-11-7-9-13-24(22)25/h6-13,19-20,25H,14-18H2,1-5H3/t19-,20+/m1/s1. The Balaban J connectivity index is 1.57. The van der Waals surface area contributed by atoms with Crippen molar-refractivity contribution in [3.8, 4) is 11.1 Å². The van der Waals surface area contributed by atoms with Crippen LogP contribution in [0.4, 0.5) is 0 Å². The van der Waals surface area contributed by atoms with Crippen LogP contribution >= 0.6 is 11.8 Å². The number of hydrogen-bond donors (Lipinski definition) is 0. The lowest BCUT2D eigenvalue weighted by Crippen LogP contribution is -2.29. The molecule has 210 valence electrons. The molecule has 0 fully saturated rings. The summed E-state index contributed by atoms with van der Waals surface area (Å²) in [4.78, 5) is 49.7. The first kappa shape index (κ1) is 30.2. The predicted octanol–water partition coefficient (Wildman–Crippen LogP) is 4.78. The molecule has 0 radical (unpaired) electrons. The zero-order valence-electron chi connectivity index (χ0n) is 23.1. The average Bonchev–Trinajstić information content (AvgIpc) is 3.22. The Hall–Kier alpha value is -3.33. The number of thioether (sulfide) groups is 1. The van der Waals surface area contributed by atoms with Gasteiger partial charge in [-0.25, -0.2) is 0 Å². The summed E-state index contributed by atoms with van der Waals surface area (Å²) in [6.45, 7) is 5.40. The summed E-state index contributed by atoms with van der Waals surface area (Å²) in [5.41, 5.74) is 3.79. The number of ether oxygens (including phenoxy) is 4. The molecule has 0 saturated heterocycles. The van der Waals surface area contributed by atoms with Gasteiger partial charge in [-0.2, -0.15) is 11.8 Å². The first-order valence-corrected chi connectivity index (χ1v) is 14.0. The van der Waals surface area contributed by atoms with E-state index in [0.29, 0.717) is 0 Å². The zero-order valence-corrected chi connectivity index (χ0v) is 23.9. The number of esters is 4. The number of fused-ring (bicyclic) bond motifs is 3. The minimum atomic E-state index is -0.768. The molecule has 0 amide bonds. The Morgan fingerprint density at radius 3 is 1.69 bits per heavy atom. The number of hydrogen-bond acceptors (Lipinski definition) is 9. The Morgan fingerprint density at radius 2 is 1.23 bits per heavy atom. The highest BCUT2D eigenvalue weighted by atomic mass is 32.2. The molecule has 39 heavy (non-hydrogen) atoms. The molecule has 0 heterocycles. The van der Waals surface area contributed by atoms with Gasteiger partial charge in [0, 0.05) is 17.4 Å². The molecule has 2 aromatic carbocycles. The van der Waals surface area contributed by atoms with Crippen LogP contribution in [0.3, 0.4) is 0 Å². The molecule has 2 aromatic rings. The monoisotopic (exact) mass is 556 g/mol. The third-order valence-corrected chi connectivity index (χ3v) is 7.60. The predicted molar refractivity (Wildman–Crippen MR) is 148 cm³/mol. The smallest absolute Gasteiger partial charge is 0.310 e. The quantitative estimate of drug-likeness (QED) is 0.270. The molecule has 0 bridgehead atoms. The van der Waals surface area contributed by atoms with E-state index in [9.17, 15) is 19.2 Å². The molecule has 0 spiro atoms. The average molecular weight is 557 g/mol. The minimum Gasteiger partial charge on any atom is -0.469 e. The highest BCUT2D eigenvalue weighted by Crippen LogP contribution is 2.44. The van der Waals surface area contributed by atoms with E-state index < -0.39 is 41.3 Å². The van der Waals surface area contributed by atoms with Gasteiger partial charge in [0.05, 0.1) is 38.9 Å². The molecule has 0 aliphatic heterocycles. The van der Waals surface area contributed by atoms with E-state index >= 15 is 0 Å². The van der Waals surface area contributed by atoms with Crippen molar-refractivity contribution < 1.29 is 38.1 Å². The second-order valence-electron chi connectivity index (χ2n) is 10.4. The lowest BCUT2D eigenvalue weighted by atomic mass is 9.98. The summed E-state index contributed by atoms with van der Waals surface area (Å²) < 4.78 is 20.7. The van der Waals surface area contributed by atoms with Crippen LogP contribution in [-0.4, -0.2) is 61.8 Å². The molecule has 9 heteroatoms. The van der Waals surface area contributed by atoms with Gasteiger partial charge in [-0.3, -0.25) is 19.2 Å². The molecule has 0 N–H and O–H groups in total. The van der Waals surface area contributed by atoms with E-state index in [1.165, 1.54) is 26.0 Å². The number of carbonyl (C=O) groups is 4. The topological polar surface area (TPSA) is 105 Å². The first-order valence-electron chi connectivity index (χ1n) is 12.8. The third kappa shape index (κ3) is 8.33. The molecular formula is C30H36O8S.